The summed E-state index contributed by atoms with van der Waals surface area (Å²) < 4.78 is 14.6. The van der Waals surface area contributed by atoms with Gasteiger partial charge in [0.2, 0.25) is 0 Å². The predicted octanol–water partition coefficient (Wildman–Crippen LogP) is 2.01. The molecule has 1 aromatic carbocycles. The molecular weight excluding hydrogens is 315 g/mol. The number of halogens is 2. The molecule has 1 unspecified atom stereocenters. The van der Waals surface area contributed by atoms with Gasteiger partial charge in [0.1, 0.15) is 11.9 Å². The summed E-state index contributed by atoms with van der Waals surface area (Å²) in [6.07, 6.45) is 0.861. The maximum Gasteiger partial charge on any atom is 0.325 e. The van der Waals surface area contributed by atoms with Gasteiger partial charge in [-0.05, 0) is 31.2 Å². The Labute approximate surface area is 119 Å². The number of carbonyl (C=O) groups is 1. The van der Waals surface area contributed by atoms with Crippen molar-refractivity contribution in [1.29, 1.82) is 0 Å². The largest absolute Gasteiger partial charge is 0.480 e. The summed E-state index contributed by atoms with van der Waals surface area (Å²) in [6, 6.07) is 3.48. The van der Waals surface area contributed by atoms with Crippen molar-refractivity contribution in [3.05, 3.63) is 34.1 Å². The number of rotatable bonds is 3. The minimum atomic E-state index is -1.01. The van der Waals surface area contributed by atoms with Crippen LogP contribution in [0.25, 0.3) is 0 Å². The van der Waals surface area contributed by atoms with Crippen LogP contribution < -0.4 is 5.32 Å². The fourth-order valence-electron chi connectivity index (χ4n) is 2.33. The molecule has 4 nitrogen and oxygen atoms in total. The molecule has 0 aromatic heterocycles. The predicted molar refractivity (Wildman–Crippen MR) is 73.5 cm³/mol. The lowest BCUT2D eigenvalue weighted by Gasteiger charge is -2.27. The second-order valence-corrected chi connectivity index (χ2v) is 5.46. The summed E-state index contributed by atoms with van der Waals surface area (Å²) in [6.45, 7) is 2.84. The van der Waals surface area contributed by atoms with Crippen LogP contribution >= 0.6 is 15.9 Å². The van der Waals surface area contributed by atoms with E-state index in [1.165, 1.54) is 6.07 Å². The van der Waals surface area contributed by atoms with E-state index in [2.05, 4.69) is 21.2 Å². The van der Waals surface area contributed by atoms with Crippen molar-refractivity contribution < 1.29 is 14.3 Å². The van der Waals surface area contributed by atoms with Crippen molar-refractivity contribution >= 4 is 21.9 Å². The molecule has 6 heteroatoms. The molecule has 0 saturated carbocycles. The monoisotopic (exact) mass is 330 g/mol. The summed E-state index contributed by atoms with van der Waals surface area (Å²) in [7, 11) is 0. The van der Waals surface area contributed by atoms with E-state index in [0.29, 0.717) is 17.6 Å². The van der Waals surface area contributed by atoms with Crippen LogP contribution in [0.5, 0.6) is 0 Å². The normalized spacial score (nSPS) is 18.8. The highest BCUT2D eigenvalue weighted by molar-refractivity contribution is 9.10. The molecule has 1 saturated heterocycles. The zero-order chi connectivity index (χ0) is 13.8. The van der Waals surface area contributed by atoms with Gasteiger partial charge in [0.15, 0.2) is 0 Å². The molecule has 0 aliphatic carbocycles. The SMILES string of the molecule is O=C(O)C(c1cc(Br)ccc1F)N1CCCNCC1. The summed E-state index contributed by atoms with van der Waals surface area (Å²) in [5, 5.41) is 12.7. The fourth-order valence-corrected chi connectivity index (χ4v) is 2.71. The van der Waals surface area contributed by atoms with Gasteiger partial charge in [-0.2, -0.15) is 0 Å². The zero-order valence-corrected chi connectivity index (χ0v) is 12.0. The summed E-state index contributed by atoms with van der Waals surface area (Å²) >= 11 is 3.26. The second kappa shape index (κ2) is 6.45. The van der Waals surface area contributed by atoms with Gasteiger partial charge in [0.05, 0.1) is 0 Å². The van der Waals surface area contributed by atoms with Crippen LogP contribution in [0.4, 0.5) is 4.39 Å². The van der Waals surface area contributed by atoms with Gasteiger partial charge >= 0.3 is 5.97 Å². The minimum Gasteiger partial charge on any atom is -0.480 e. The molecule has 1 aliphatic heterocycles. The molecular formula is C13H16BrFN2O2. The quantitative estimate of drug-likeness (QED) is 0.890. The van der Waals surface area contributed by atoms with Crippen molar-refractivity contribution in [3.63, 3.8) is 0 Å². The maximum absolute atomic E-state index is 13.9. The molecule has 2 rings (SSSR count). The molecule has 1 fully saturated rings. The van der Waals surface area contributed by atoms with Crippen molar-refractivity contribution in [2.24, 2.45) is 0 Å². The number of nitrogens with one attached hydrogen (secondary N) is 1. The molecule has 1 heterocycles. The first-order valence-electron chi connectivity index (χ1n) is 6.22. The third-order valence-electron chi connectivity index (χ3n) is 3.23. The first kappa shape index (κ1) is 14.4. The van der Waals surface area contributed by atoms with Gasteiger partial charge in [-0.3, -0.25) is 9.69 Å². The van der Waals surface area contributed by atoms with E-state index in [0.717, 1.165) is 19.5 Å². The van der Waals surface area contributed by atoms with Gasteiger partial charge < -0.3 is 10.4 Å². The van der Waals surface area contributed by atoms with Crippen LogP contribution in [-0.2, 0) is 4.79 Å². The number of carboxylic acids is 1. The second-order valence-electron chi connectivity index (χ2n) is 4.55. The van der Waals surface area contributed by atoms with E-state index < -0.39 is 17.8 Å². The lowest BCUT2D eigenvalue weighted by Crippen LogP contribution is -2.37. The number of hydrogen-bond acceptors (Lipinski definition) is 3. The van der Waals surface area contributed by atoms with Crippen molar-refractivity contribution in [1.82, 2.24) is 10.2 Å². The Morgan fingerprint density at radius 2 is 2.21 bits per heavy atom. The van der Waals surface area contributed by atoms with Crippen LogP contribution in [-0.4, -0.2) is 42.2 Å². The molecule has 0 radical (unpaired) electrons. The van der Waals surface area contributed by atoms with Crippen LogP contribution in [0, 0.1) is 5.82 Å². The Kier molecular flexibility index (Phi) is 4.90. The smallest absolute Gasteiger partial charge is 0.325 e. The number of nitrogens with zero attached hydrogens (tertiary/aromatic N) is 1. The number of aliphatic carboxylic acids is 1. The van der Waals surface area contributed by atoms with Gasteiger partial charge in [-0.1, -0.05) is 15.9 Å². The molecule has 2 N–H and O–H groups in total. The zero-order valence-electron chi connectivity index (χ0n) is 10.4. The summed E-state index contributed by atoms with van der Waals surface area (Å²) in [5.41, 5.74) is 0.212. The maximum atomic E-state index is 13.9. The van der Waals surface area contributed by atoms with E-state index >= 15 is 0 Å². The number of carboxylic acid groups (broad SMARTS) is 1. The van der Waals surface area contributed by atoms with E-state index in [4.69, 9.17) is 0 Å². The fraction of sp³-hybridized carbons (Fsp3) is 0.462. The first-order valence-corrected chi connectivity index (χ1v) is 7.01. The van der Waals surface area contributed by atoms with Crippen LogP contribution in [0.1, 0.15) is 18.0 Å². The van der Waals surface area contributed by atoms with Crippen molar-refractivity contribution in [3.8, 4) is 0 Å². The van der Waals surface area contributed by atoms with Gasteiger partial charge in [0.25, 0.3) is 0 Å². The van der Waals surface area contributed by atoms with Crippen LogP contribution in [0.3, 0.4) is 0 Å². The Bertz CT molecular complexity index is 462. The third-order valence-corrected chi connectivity index (χ3v) is 3.72. The first-order chi connectivity index (χ1) is 9.09. The number of benzene rings is 1. The Morgan fingerprint density at radius 3 is 2.95 bits per heavy atom. The standard InChI is InChI=1S/C13H16BrFN2O2/c14-9-2-3-11(15)10(8-9)12(13(18)19)17-6-1-4-16-5-7-17/h2-3,8,12,16H,1,4-7H2,(H,18,19). The highest BCUT2D eigenvalue weighted by atomic mass is 79.9. The Morgan fingerprint density at radius 1 is 1.42 bits per heavy atom. The highest BCUT2D eigenvalue weighted by Gasteiger charge is 2.30. The van der Waals surface area contributed by atoms with Crippen molar-refractivity contribution in [2.45, 2.75) is 12.5 Å². The Balaban J connectivity index is 2.33. The molecule has 1 aromatic rings. The van der Waals surface area contributed by atoms with Gasteiger partial charge in [0, 0.05) is 29.7 Å². The Hall–Kier alpha value is -0.980. The molecule has 19 heavy (non-hydrogen) atoms. The molecule has 1 aliphatic rings. The minimum absolute atomic E-state index is 0.212. The summed E-state index contributed by atoms with van der Waals surface area (Å²) in [4.78, 5) is 13.3. The molecule has 0 amide bonds. The third kappa shape index (κ3) is 3.52. The van der Waals surface area contributed by atoms with Crippen LogP contribution in [0.15, 0.2) is 22.7 Å². The highest BCUT2D eigenvalue weighted by Crippen LogP contribution is 2.27. The lowest BCUT2D eigenvalue weighted by atomic mass is 10.0. The van der Waals surface area contributed by atoms with Gasteiger partial charge in [-0.25, -0.2) is 4.39 Å². The average molecular weight is 331 g/mol. The van der Waals surface area contributed by atoms with E-state index in [1.807, 2.05) is 4.90 Å². The van der Waals surface area contributed by atoms with Crippen LogP contribution in [0.2, 0.25) is 0 Å². The average Bonchev–Trinajstić information content (AvgIpc) is 2.62. The molecule has 1 atom stereocenters. The van der Waals surface area contributed by atoms with E-state index in [9.17, 15) is 14.3 Å². The molecule has 104 valence electrons. The molecule has 0 spiro atoms. The summed E-state index contributed by atoms with van der Waals surface area (Å²) in [5.74, 6) is -1.49. The van der Waals surface area contributed by atoms with Crippen molar-refractivity contribution in [2.75, 3.05) is 26.2 Å². The number of hydrogen-bond donors (Lipinski definition) is 2. The lowest BCUT2D eigenvalue weighted by molar-refractivity contribution is -0.143. The topological polar surface area (TPSA) is 52.6 Å². The van der Waals surface area contributed by atoms with E-state index in [1.54, 1.807) is 12.1 Å². The van der Waals surface area contributed by atoms with E-state index in [-0.39, 0.29) is 5.56 Å². The van der Waals surface area contributed by atoms with Gasteiger partial charge in [-0.15, -0.1) is 0 Å². The molecule has 0 bridgehead atoms.